The molecule has 1 aliphatic heterocycles. The lowest BCUT2D eigenvalue weighted by Gasteiger charge is -2.21. The Morgan fingerprint density at radius 2 is 1.90 bits per heavy atom. The number of nitro groups is 1. The van der Waals surface area contributed by atoms with Gasteiger partial charge in [0.25, 0.3) is 0 Å². The summed E-state index contributed by atoms with van der Waals surface area (Å²) in [6.07, 6.45) is -0.491. The predicted octanol–water partition coefficient (Wildman–Crippen LogP) is 3.54. The molecule has 31 heavy (non-hydrogen) atoms. The van der Waals surface area contributed by atoms with E-state index in [4.69, 9.17) is 4.74 Å². The van der Waals surface area contributed by atoms with Crippen LogP contribution in [-0.4, -0.2) is 35.1 Å². The quantitative estimate of drug-likeness (QED) is 0.554. The fourth-order valence-corrected chi connectivity index (χ4v) is 3.29. The number of benzene rings is 2. The highest BCUT2D eigenvalue weighted by Crippen LogP contribution is 2.38. The Kier molecular flexibility index (Phi) is 6.21. The summed E-state index contributed by atoms with van der Waals surface area (Å²) in [6, 6.07) is 10.4. The minimum atomic E-state index is -1.08. The average molecular weight is 430 g/mol. The van der Waals surface area contributed by atoms with Crippen LogP contribution in [0.25, 0.3) is 11.1 Å². The molecule has 2 amide bonds. The fraction of sp³-hybridized carbons (Fsp3) is 0.333. The van der Waals surface area contributed by atoms with Crippen molar-refractivity contribution in [1.29, 1.82) is 0 Å². The maximum absolute atomic E-state index is 15.2. The zero-order valence-corrected chi connectivity index (χ0v) is 17.3. The summed E-state index contributed by atoms with van der Waals surface area (Å²) in [5.41, 5.74) is 3.91. The second kappa shape index (κ2) is 8.68. The molecule has 0 aliphatic carbocycles. The van der Waals surface area contributed by atoms with Crippen LogP contribution in [-0.2, 0) is 9.53 Å². The first kappa shape index (κ1) is 22.2. The van der Waals surface area contributed by atoms with Gasteiger partial charge in [-0.05, 0) is 44.9 Å². The molecule has 1 aliphatic rings. The summed E-state index contributed by atoms with van der Waals surface area (Å²) in [6.45, 7) is 5.22. The number of nitrogens with zero attached hydrogens (tertiary/aromatic N) is 2. The van der Waals surface area contributed by atoms with Crippen molar-refractivity contribution in [3.8, 4) is 11.1 Å². The van der Waals surface area contributed by atoms with Gasteiger partial charge in [0.2, 0.25) is 11.7 Å². The van der Waals surface area contributed by atoms with Gasteiger partial charge in [-0.15, -0.1) is 0 Å². The van der Waals surface area contributed by atoms with E-state index in [9.17, 15) is 19.7 Å². The molecular formula is C21H23FN4O5. The number of amides is 2. The highest BCUT2D eigenvalue weighted by Gasteiger charge is 2.37. The van der Waals surface area contributed by atoms with Gasteiger partial charge in [-0.3, -0.25) is 20.3 Å². The van der Waals surface area contributed by atoms with E-state index in [0.717, 1.165) is 4.90 Å². The number of carbonyl (C=O) groups excluding carboxylic acids is 2. The Balaban J connectivity index is 1.80. The molecule has 1 heterocycles. The van der Waals surface area contributed by atoms with E-state index in [1.54, 1.807) is 51.1 Å². The van der Waals surface area contributed by atoms with Crippen LogP contribution >= 0.6 is 0 Å². The van der Waals surface area contributed by atoms with Gasteiger partial charge in [0.1, 0.15) is 11.6 Å². The number of carbonyl (C=O) groups is 2. The van der Waals surface area contributed by atoms with Crippen LogP contribution in [0.2, 0.25) is 0 Å². The number of nitrogens with one attached hydrogen (secondary N) is 2. The first-order valence-corrected chi connectivity index (χ1v) is 9.66. The Morgan fingerprint density at radius 1 is 1.23 bits per heavy atom. The molecule has 0 unspecified atom stereocenters. The smallest absolute Gasteiger partial charge is 0.422 e. The minimum Gasteiger partial charge on any atom is -0.443 e. The molecule has 0 spiro atoms. The molecule has 0 saturated carbocycles. The molecule has 0 radical (unpaired) electrons. The van der Waals surface area contributed by atoms with Crippen LogP contribution in [0.3, 0.4) is 0 Å². The molecule has 0 aromatic heterocycles. The van der Waals surface area contributed by atoms with Crippen molar-refractivity contribution in [1.82, 2.24) is 10.9 Å². The highest BCUT2D eigenvalue weighted by atomic mass is 19.1. The van der Waals surface area contributed by atoms with Gasteiger partial charge in [-0.25, -0.2) is 10.2 Å². The maximum atomic E-state index is 15.2. The number of hydrazine groups is 1. The third kappa shape index (κ3) is 4.97. The summed E-state index contributed by atoms with van der Waals surface area (Å²) < 4.78 is 20.3. The summed E-state index contributed by atoms with van der Waals surface area (Å²) in [7, 11) is 0. The van der Waals surface area contributed by atoms with Crippen LogP contribution in [0.1, 0.15) is 27.2 Å². The van der Waals surface area contributed by atoms with E-state index in [-0.39, 0.29) is 24.2 Å². The summed E-state index contributed by atoms with van der Waals surface area (Å²) in [4.78, 5) is 36.4. The molecule has 1 saturated heterocycles. The zero-order chi connectivity index (χ0) is 22.8. The van der Waals surface area contributed by atoms with Gasteiger partial charge < -0.3 is 9.64 Å². The van der Waals surface area contributed by atoms with E-state index in [0.29, 0.717) is 5.56 Å². The van der Waals surface area contributed by atoms with Crippen LogP contribution in [0.15, 0.2) is 42.5 Å². The first-order valence-electron chi connectivity index (χ1n) is 9.66. The summed E-state index contributed by atoms with van der Waals surface area (Å²) in [5.74, 6) is -1.60. The lowest BCUT2D eigenvalue weighted by atomic mass is 10.0. The molecule has 2 aromatic rings. The minimum absolute atomic E-state index is 0.125. The van der Waals surface area contributed by atoms with E-state index in [1.807, 2.05) is 0 Å². The topological polar surface area (TPSA) is 114 Å². The van der Waals surface area contributed by atoms with Gasteiger partial charge in [0, 0.05) is 6.54 Å². The fourth-order valence-electron chi connectivity index (χ4n) is 3.29. The third-order valence-corrected chi connectivity index (χ3v) is 4.61. The normalized spacial score (nSPS) is 16.3. The Hall–Kier alpha value is -3.53. The van der Waals surface area contributed by atoms with Gasteiger partial charge in [-0.2, -0.15) is 4.39 Å². The van der Waals surface area contributed by atoms with Gasteiger partial charge in [0.05, 0.1) is 16.2 Å². The number of hydrogen-bond acceptors (Lipinski definition) is 6. The van der Waals surface area contributed by atoms with Crippen molar-refractivity contribution in [3.05, 3.63) is 58.4 Å². The second-order valence-electron chi connectivity index (χ2n) is 8.02. The number of hydrogen-bond donors (Lipinski definition) is 2. The number of rotatable bonds is 5. The number of anilines is 1. The molecule has 9 nitrogen and oxygen atoms in total. The van der Waals surface area contributed by atoms with Crippen molar-refractivity contribution in [2.24, 2.45) is 0 Å². The molecule has 1 atom stereocenters. The molecule has 0 bridgehead atoms. The largest absolute Gasteiger partial charge is 0.443 e. The molecule has 164 valence electrons. The van der Waals surface area contributed by atoms with Gasteiger partial charge in [0.15, 0.2) is 0 Å². The van der Waals surface area contributed by atoms with Crippen LogP contribution in [0.5, 0.6) is 0 Å². The average Bonchev–Trinajstić information content (AvgIpc) is 3.05. The Labute approximate surface area is 178 Å². The summed E-state index contributed by atoms with van der Waals surface area (Å²) in [5, 5.41) is 11.6. The zero-order valence-electron chi connectivity index (χ0n) is 17.3. The van der Waals surface area contributed by atoms with Crippen molar-refractivity contribution in [2.45, 2.75) is 38.8 Å². The van der Waals surface area contributed by atoms with Crippen LogP contribution < -0.4 is 15.8 Å². The molecule has 10 heteroatoms. The van der Waals surface area contributed by atoms with E-state index in [1.165, 1.54) is 12.1 Å². The highest BCUT2D eigenvalue weighted by molar-refractivity contribution is 6.00. The van der Waals surface area contributed by atoms with E-state index >= 15 is 4.39 Å². The number of nitro benzene ring substituents is 1. The Morgan fingerprint density at radius 3 is 2.52 bits per heavy atom. The second-order valence-corrected chi connectivity index (χ2v) is 8.02. The van der Waals surface area contributed by atoms with Crippen LogP contribution in [0, 0.1) is 15.9 Å². The van der Waals surface area contributed by atoms with E-state index in [2.05, 4.69) is 10.9 Å². The molecular weight excluding hydrogens is 407 g/mol. The van der Waals surface area contributed by atoms with Crippen LogP contribution in [0.4, 0.5) is 20.6 Å². The van der Waals surface area contributed by atoms with Crippen molar-refractivity contribution in [2.75, 3.05) is 11.4 Å². The maximum Gasteiger partial charge on any atom is 0.422 e. The lowest BCUT2D eigenvalue weighted by Crippen LogP contribution is -2.49. The van der Waals surface area contributed by atoms with Gasteiger partial charge in [-0.1, -0.05) is 30.3 Å². The Bertz CT molecular complexity index is 1010. The number of halogens is 1. The first-order chi connectivity index (χ1) is 14.6. The standard InChI is InChI=1S/C21H23FN4O5/c1-21(2,3)31-20(28)24-23-15-11-12-25(19(15)27)16-10-9-14(13-7-5-4-6-8-13)18(17(16)22)26(29)30/h4-10,15,23H,11-12H2,1-3H3,(H,24,28)/t15-/m0/s1. The molecule has 1 fully saturated rings. The number of ether oxygens (including phenoxy) is 1. The molecule has 2 aromatic carbocycles. The predicted molar refractivity (Wildman–Crippen MR) is 112 cm³/mol. The monoisotopic (exact) mass is 430 g/mol. The van der Waals surface area contributed by atoms with Crippen molar-refractivity contribution >= 4 is 23.4 Å². The van der Waals surface area contributed by atoms with Gasteiger partial charge >= 0.3 is 11.8 Å². The summed E-state index contributed by atoms with van der Waals surface area (Å²) >= 11 is 0. The van der Waals surface area contributed by atoms with E-state index < -0.39 is 40.1 Å². The lowest BCUT2D eigenvalue weighted by molar-refractivity contribution is -0.386. The third-order valence-electron chi connectivity index (χ3n) is 4.61. The van der Waals surface area contributed by atoms with Crippen molar-refractivity contribution in [3.63, 3.8) is 0 Å². The SMILES string of the molecule is CC(C)(C)OC(=O)NN[C@H]1CCN(c2ccc(-c3ccccc3)c([N+](=O)[O-])c2F)C1=O. The molecule has 2 N–H and O–H groups in total. The molecule has 3 rings (SSSR count). The van der Waals surface area contributed by atoms with Crippen molar-refractivity contribution < 1.29 is 23.6 Å².